The highest BCUT2D eigenvalue weighted by molar-refractivity contribution is 5.69. The maximum absolute atomic E-state index is 9.79. The van der Waals surface area contributed by atoms with Crippen LogP contribution in [0.4, 0.5) is 0 Å². The summed E-state index contributed by atoms with van der Waals surface area (Å²) in [7, 11) is 0. The van der Waals surface area contributed by atoms with Crippen molar-refractivity contribution in [3.63, 3.8) is 0 Å². The summed E-state index contributed by atoms with van der Waals surface area (Å²) < 4.78 is 5.27. The highest BCUT2D eigenvalue weighted by atomic mass is 16.5. The van der Waals surface area contributed by atoms with E-state index in [1.807, 2.05) is 12.1 Å². The standard InChI is InChI=1S/C12H12N2O2/c15-10-4-2-1-3-8(10)12-9-5-6-13-7-11(9)16-14-12/h1-4,13,15H,5-7H2. The topological polar surface area (TPSA) is 58.3 Å². The van der Waals surface area contributed by atoms with Crippen molar-refractivity contribution in [1.82, 2.24) is 10.5 Å². The first-order valence-electron chi connectivity index (χ1n) is 5.33. The Labute approximate surface area is 92.9 Å². The lowest BCUT2D eigenvalue weighted by atomic mass is 10.0. The van der Waals surface area contributed by atoms with Gasteiger partial charge in [0.1, 0.15) is 11.4 Å². The number of aromatic nitrogens is 1. The third-order valence-corrected chi connectivity index (χ3v) is 2.87. The number of fused-ring (bicyclic) bond motifs is 1. The van der Waals surface area contributed by atoms with E-state index in [2.05, 4.69) is 10.5 Å². The van der Waals surface area contributed by atoms with Gasteiger partial charge in [-0.1, -0.05) is 17.3 Å². The molecule has 1 aromatic heterocycles. The van der Waals surface area contributed by atoms with Crippen molar-refractivity contribution >= 4 is 0 Å². The van der Waals surface area contributed by atoms with Gasteiger partial charge in [0.05, 0.1) is 6.54 Å². The summed E-state index contributed by atoms with van der Waals surface area (Å²) in [6.07, 6.45) is 0.891. The minimum atomic E-state index is 0.247. The first-order valence-corrected chi connectivity index (χ1v) is 5.33. The van der Waals surface area contributed by atoms with E-state index in [-0.39, 0.29) is 5.75 Å². The zero-order valence-electron chi connectivity index (χ0n) is 8.73. The number of nitrogens with zero attached hydrogens (tertiary/aromatic N) is 1. The molecule has 0 saturated heterocycles. The normalized spacial score (nSPS) is 14.8. The monoisotopic (exact) mass is 216 g/mol. The van der Waals surface area contributed by atoms with Gasteiger partial charge < -0.3 is 14.9 Å². The van der Waals surface area contributed by atoms with E-state index >= 15 is 0 Å². The van der Waals surface area contributed by atoms with E-state index in [1.54, 1.807) is 12.1 Å². The lowest BCUT2D eigenvalue weighted by Crippen LogP contribution is -2.22. The van der Waals surface area contributed by atoms with Gasteiger partial charge in [-0.05, 0) is 25.1 Å². The summed E-state index contributed by atoms with van der Waals surface area (Å²) in [5.74, 6) is 1.13. The number of phenolic OH excluding ortho intramolecular Hbond substituents is 1. The molecule has 16 heavy (non-hydrogen) atoms. The number of hydrogen-bond acceptors (Lipinski definition) is 4. The van der Waals surface area contributed by atoms with Crippen LogP contribution in [0.15, 0.2) is 28.8 Å². The maximum Gasteiger partial charge on any atom is 0.154 e. The SMILES string of the molecule is Oc1ccccc1-c1noc2c1CCNC2. The second kappa shape index (κ2) is 3.64. The molecule has 0 aliphatic carbocycles. The molecule has 0 fully saturated rings. The van der Waals surface area contributed by atoms with Crippen LogP contribution in [-0.2, 0) is 13.0 Å². The Balaban J connectivity index is 2.13. The molecular formula is C12H12N2O2. The Hall–Kier alpha value is -1.81. The average molecular weight is 216 g/mol. The first-order chi connectivity index (χ1) is 7.86. The molecule has 1 aliphatic rings. The third kappa shape index (κ3) is 1.39. The zero-order valence-corrected chi connectivity index (χ0v) is 8.73. The molecule has 0 bridgehead atoms. The summed E-state index contributed by atoms with van der Waals surface area (Å²) in [5, 5.41) is 17.1. The van der Waals surface area contributed by atoms with Crippen molar-refractivity contribution in [2.45, 2.75) is 13.0 Å². The molecule has 0 spiro atoms. The number of benzene rings is 1. The van der Waals surface area contributed by atoms with Gasteiger partial charge in [0, 0.05) is 11.1 Å². The van der Waals surface area contributed by atoms with Crippen molar-refractivity contribution in [2.75, 3.05) is 6.54 Å². The van der Waals surface area contributed by atoms with E-state index in [9.17, 15) is 5.11 Å². The molecule has 0 saturated carbocycles. The quantitative estimate of drug-likeness (QED) is 0.761. The highest BCUT2D eigenvalue weighted by Crippen LogP contribution is 2.32. The van der Waals surface area contributed by atoms with E-state index < -0.39 is 0 Å². The Morgan fingerprint density at radius 2 is 2.19 bits per heavy atom. The van der Waals surface area contributed by atoms with Gasteiger partial charge in [-0.3, -0.25) is 0 Å². The molecule has 2 aromatic rings. The van der Waals surface area contributed by atoms with Gasteiger partial charge in [-0.2, -0.15) is 0 Å². The second-order valence-electron chi connectivity index (χ2n) is 3.88. The molecule has 4 nitrogen and oxygen atoms in total. The van der Waals surface area contributed by atoms with E-state index in [0.29, 0.717) is 0 Å². The molecule has 82 valence electrons. The van der Waals surface area contributed by atoms with E-state index in [1.165, 1.54) is 0 Å². The van der Waals surface area contributed by atoms with Gasteiger partial charge in [-0.25, -0.2) is 0 Å². The Bertz CT molecular complexity index is 519. The highest BCUT2D eigenvalue weighted by Gasteiger charge is 2.21. The van der Waals surface area contributed by atoms with Crippen molar-refractivity contribution < 1.29 is 9.63 Å². The lowest BCUT2D eigenvalue weighted by molar-refractivity contribution is 0.366. The smallest absolute Gasteiger partial charge is 0.154 e. The largest absolute Gasteiger partial charge is 0.507 e. The second-order valence-corrected chi connectivity index (χ2v) is 3.88. The Kier molecular flexibility index (Phi) is 2.15. The number of hydrogen-bond donors (Lipinski definition) is 2. The van der Waals surface area contributed by atoms with Crippen LogP contribution in [0, 0.1) is 0 Å². The molecule has 0 amide bonds. The average Bonchev–Trinajstić information content (AvgIpc) is 2.74. The van der Waals surface area contributed by atoms with Crippen molar-refractivity contribution in [3.05, 3.63) is 35.6 Å². The van der Waals surface area contributed by atoms with Crippen molar-refractivity contribution in [3.8, 4) is 17.0 Å². The lowest BCUT2D eigenvalue weighted by Gasteiger charge is -2.11. The zero-order chi connectivity index (χ0) is 11.0. The summed E-state index contributed by atoms with van der Waals surface area (Å²) in [6.45, 7) is 1.64. The van der Waals surface area contributed by atoms with Gasteiger partial charge in [-0.15, -0.1) is 0 Å². The van der Waals surface area contributed by atoms with Crippen molar-refractivity contribution in [2.24, 2.45) is 0 Å². The predicted molar refractivity (Wildman–Crippen MR) is 59.0 cm³/mol. The summed E-state index contributed by atoms with van der Waals surface area (Å²) in [6, 6.07) is 7.21. The first kappa shape index (κ1) is 9.42. The fourth-order valence-electron chi connectivity index (χ4n) is 2.04. The minimum absolute atomic E-state index is 0.247. The van der Waals surface area contributed by atoms with Crippen LogP contribution in [0.3, 0.4) is 0 Å². The van der Waals surface area contributed by atoms with Gasteiger partial charge in [0.25, 0.3) is 0 Å². The van der Waals surface area contributed by atoms with Gasteiger partial charge in [0.2, 0.25) is 0 Å². The molecule has 0 unspecified atom stereocenters. The van der Waals surface area contributed by atoms with Gasteiger partial charge in [0.15, 0.2) is 5.76 Å². The van der Waals surface area contributed by atoms with E-state index in [0.717, 1.165) is 42.1 Å². The molecule has 2 N–H and O–H groups in total. The molecule has 0 atom stereocenters. The maximum atomic E-state index is 9.79. The number of rotatable bonds is 1. The van der Waals surface area contributed by atoms with Crippen LogP contribution >= 0.6 is 0 Å². The fourth-order valence-corrected chi connectivity index (χ4v) is 2.04. The predicted octanol–water partition coefficient (Wildman–Crippen LogP) is 1.69. The molecular weight excluding hydrogens is 204 g/mol. The number of aromatic hydroxyl groups is 1. The molecule has 0 radical (unpaired) electrons. The minimum Gasteiger partial charge on any atom is -0.507 e. The summed E-state index contributed by atoms with van der Waals surface area (Å²) >= 11 is 0. The molecule has 4 heteroatoms. The third-order valence-electron chi connectivity index (χ3n) is 2.87. The van der Waals surface area contributed by atoms with Crippen LogP contribution in [0.25, 0.3) is 11.3 Å². The molecule has 1 aromatic carbocycles. The van der Waals surface area contributed by atoms with Crippen LogP contribution in [0.1, 0.15) is 11.3 Å². The molecule has 2 heterocycles. The number of nitrogens with one attached hydrogen (secondary N) is 1. The molecule has 3 rings (SSSR count). The van der Waals surface area contributed by atoms with Crippen LogP contribution < -0.4 is 5.32 Å². The number of para-hydroxylation sites is 1. The van der Waals surface area contributed by atoms with Crippen molar-refractivity contribution in [1.29, 1.82) is 0 Å². The van der Waals surface area contributed by atoms with Crippen LogP contribution in [-0.4, -0.2) is 16.8 Å². The summed E-state index contributed by atoms with van der Waals surface area (Å²) in [5.41, 5.74) is 2.63. The Morgan fingerprint density at radius 3 is 3.06 bits per heavy atom. The van der Waals surface area contributed by atoms with Crippen LogP contribution in [0.2, 0.25) is 0 Å². The van der Waals surface area contributed by atoms with E-state index in [4.69, 9.17) is 4.52 Å². The summed E-state index contributed by atoms with van der Waals surface area (Å²) in [4.78, 5) is 0. The number of phenols is 1. The van der Waals surface area contributed by atoms with Crippen LogP contribution in [0.5, 0.6) is 5.75 Å². The van der Waals surface area contributed by atoms with Gasteiger partial charge >= 0.3 is 0 Å². The molecule has 1 aliphatic heterocycles. The Morgan fingerprint density at radius 1 is 1.31 bits per heavy atom. The fraction of sp³-hybridized carbons (Fsp3) is 0.250.